The predicted octanol–water partition coefficient (Wildman–Crippen LogP) is 2.54. The molecule has 0 aliphatic rings. The van der Waals surface area contributed by atoms with Crippen molar-refractivity contribution < 1.29 is 18.1 Å². The van der Waals surface area contributed by atoms with Gasteiger partial charge in [0.15, 0.2) is 5.82 Å². The van der Waals surface area contributed by atoms with Crippen molar-refractivity contribution in [1.82, 2.24) is 19.3 Å². The number of carbonyl (C=O) groups is 1. The molecule has 1 aromatic heterocycles. The van der Waals surface area contributed by atoms with Crippen molar-refractivity contribution in [3.8, 4) is 0 Å². The number of aryl methyl sites for hydroxylation is 1. The first kappa shape index (κ1) is 24.7. The van der Waals surface area contributed by atoms with E-state index in [9.17, 15) is 23.3 Å². The number of nitrogens with one attached hydrogen (secondary N) is 1. The number of nitrogens with zero attached hydrogens (tertiary/aromatic N) is 5. The maximum Gasteiger partial charge on any atom is 0.271 e. The molecule has 0 aliphatic heterocycles. The van der Waals surface area contributed by atoms with Gasteiger partial charge >= 0.3 is 0 Å². The number of imidazole rings is 1. The summed E-state index contributed by atoms with van der Waals surface area (Å²) in [6.45, 7) is 4.07. The molecule has 12 heteroatoms. The molecule has 0 fully saturated rings. The van der Waals surface area contributed by atoms with E-state index in [1.54, 1.807) is 37.7 Å². The van der Waals surface area contributed by atoms with Gasteiger partial charge in [-0.2, -0.15) is 9.41 Å². The van der Waals surface area contributed by atoms with E-state index >= 15 is 0 Å². The minimum absolute atomic E-state index is 0.00385. The van der Waals surface area contributed by atoms with Gasteiger partial charge in [-0.1, -0.05) is 32.0 Å². The van der Waals surface area contributed by atoms with Gasteiger partial charge in [0.05, 0.1) is 9.82 Å². The first-order chi connectivity index (χ1) is 16.2. The van der Waals surface area contributed by atoms with E-state index in [4.69, 9.17) is 0 Å². The van der Waals surface area contributed by atoms with E-state index in [0.29, 0.717) is 24.5 Å². The van der Waals surface area contributed by atoms with E-state index in [-0.39, 0.29) is 21.9 Å². The standard InChI is InChI=1S/C22H24N6O5S/c1-4-27(5-2)34(32,33)19-11-7-9-17(15-19)22(29)25-24-20(21-23-12-13-26(21)3)16-8-6-10-18(14-16)28(30)31/h6-15H,4-5H2,1-3H3,(H,25,29). The molecule has 11 nitrogen and oxygen atoms in total. The van der Waals surface area contributed by atoms with Crippen LogP contribution in [0.4, 0.5) is 5.69 Å². The summed E-state index contributed by atoms with van der Waals surface area (Å²) < 4.78 is 28.6. The third-order valence-electron chi connectivity index (χ3n) is 5.07. The van der Waals surface area contributed by atoms with Gasteiger partial charge in [0.25, 0.3) is 11.6 Å². The number of sulfonamides is 1. The molecule has 1 amide bonds. The van der Waals surface area contributed by atoms with Gasteiger partial charge in [-0.05, 0) is 18.2 Å². The Kier molecular flexibility index (Phi) is 7.54. The van der Waals surface area contributed by atoms with Crippen LogP contribution in [0.3, 0.4) is 0 Å². The highest BCUT2D eigenvalue weighted by Gasteiger charge is 2.23. The van der Waals surface area contributed by atoms with Crippen molar-refractivity contribution in [2.24, 2.45) is 12.1 Å². The number of non-ortho nitro benzene ring substituents is 1. The molecule has 0 atom stereocenters. The van der Waals surface area contributed by atoms with E-state index in [1.807, 2.05) is 0 Å². The topological polar surface area (TPSA) is 140 Å². The van der Waals surface area contributed by atoms with Crippen LogP contribution in [0.1, 0.15) is 35.6 Å². The molecule has 34 heavy (non-hydrogen) atoms. The lowest BCUT2D eigenvalue weighted by atomic mass is 10.1. The number of aromatic nitrogens is 2. The number of benzene rings is 2. The Balaban J connectivity index is 1.97. The smallest absolute Gasteiger partial charge is 0.271 e. The third kappa shape index (κ3) is 5.18. The first-order valence-electron chi connectivity index (χ1n) is 10.4. The molecule has 3 aromatic rings. The zero-order chi connectivity index (χ0) is 24.9. The number of nitro groups is 1. The Morgan fingerprint density at radius 2 is 1.82 bits per heavy atom. The van der Waals surface area contributed by atoms with Crippen LogP contribution < -0.4 is 5.43 Å². The molecular weight excluding hydrogens is 460 g/mol. The van der Waals surface area contributed by atoms with Crippen LogP contribution in [-0.2, 0) is 17.1 Å². The van der Waals surface area contributed by atoms with E-state index in [0.717, 1.165) is 0 Å². The van der Waals surface area contributed by atoms with Gasteiger partial charge in [-0.3, -0.25) is 14.9 Å². The zero-order valence-corrected chi connectivity index (χ0v) is 19.7. The minimum atomic E-state index is -3.75. The van der Waals surface area contributed by atoms with Crippen LogP contribution >= 0.6 is 0 Å². The Labute approximate surface area is 196 Å². The molecule has 0 saturated heterocycles. The van der Waals surface area contributed by atoms with E-state index < -0.39 is 20.9 Å². The number of hydrogen-bond acceptors (Lipinski definition) is 7. The van der Waals surface area contributed by atoms with Crippen LogP contribution in [0.15, 0.2) is 70.9 Å². The molecule has 3 rings (SSSR count). The lowest BCUT2D eigenvalue weighted by Crippen LogP contribution is -2.31. The van der Waals surface area contributed by atoms with Gasteiger partial charge in [-0.15, -0.1) is 0 Å². The van der Waals surface area contributed by atoms with Crippen molar-refractivity contribution in [2.75, 3.05) is 13.1 Å². The Bertz CT molecular complexity index is 1350. The average molecular weight is 485 g/mol. The summed E-state index contributed by atoms with van der Waals surface area (Å²) in [5.41, 5.74) is 2.95. The fraction of sp³-hybridized carbons (Fsp3) is 0.227. The second-order valence-corrected chi connectivity index (χ2v) is 9.13. The van der Waals surface area contributed by atoms with Gasteiger partial charge in [0.1, 0.15) is 5.71 Å². The molecule has 1 heterocycles. The summed E-state index contributed by atoms with van der Waals surface area (Å²) >= 11 is 0. The number of amides is 1. The summed E-state index contributed by atoms with van der Waals surface area (Å²) in [5.74, 6) is -0.271. The lowest BCUT2D eigenvalue weighted by molar-refractivity contribution is -0.384. The van der Waals surface area contributed by atoms with Gasteiger partial charge < -0.3 is 4.57 Å². The number of nitro benzene ring substituents is 1. The van der Waals surface area contributed by atoms with Crippen LogP contribution in [-0.4, -0.2) is 51.9 Å². The van der Waals surface area contributed by atoms with Crippen LogP contribution in [0.2, 0.25) is 0 Å². The molecule has 2 aromatic carbocycles. The summed E-state index contributed by atoms with van der Waals surface area (Å²) in [6.07, 6.45) is 3.21. The molecule has 0 saturated carbocycles. The summed E-state index contributed by atoms with van der Waals surface area (Å²) in [6, 6.07) is 11.5. The third-order valence-corrected chi connectivity index (χ3v) is 7.12. The molecule has 178 valence electrons. The van der Waals surface area contributed by atoms with Crippen LogP contribution in [0, 0.1) is 10.1 Å². The fourth-order valence-corrected chi connectivity index (χ4v) is 4.79. The number of carbonyl (C=O) groups excluding carboxylic acids is 1. The number of rotatable bonds is 9. The average Bonchev–Trinajstić information content (AvgIpc) is 3.25. The Morgan fingerprint density at radius 1 is 1.15 bits per heavy atom. The summed E-state index contributed by atoms with van der Waals surface area (Å²) in [4.78, 5) is 27.7. The van der Waals surface area contributed by atoms with E-state index in [1.165, 1.54) is 53.0 Å². The largest absolute Gasteiger partial charge is 0.333 e. The molecule has 0 bridgehead atoms. The Hall–Kier alpha value is -3.90. The quantitative estimate of drug-likeness (QED) is 0.281. The normalized spacial score (nSPS) is 12.1. The number of hydrazone groups is 1. The van der Waals surface area contributed by atoms with Crippen molar-refractivity contribution in [3.05, 3.63) is 88.0 Å². The van der Waals surface area contributed by atoms with Crippen LogP contribution in [0.5, 0.6) is 0 Å². The van der Waals surface area contributed by atoms with Gasteiger partial charge in [0, 0.05) is 55.8 Å². The maximum absolute atomic E-state index is 12.8. The lowest BCUT2D eigenvalue weighted by Gasteiger charge is -2.18. The van der Waals surface area contributed by atoms with Gasteiger partial charge in [-0.25, -0.2) is 18.8 Å². The highest BCUT2D eigenvalue weighted by atomic mass is 32.2. The second-order valence-electron chi connectivity index (χ2n) is 7.19. The number of hydrogen-bond donors (Lipinski definition) is 1. The fourth-order valence-electron chi connectivity index (χ4n) is 3.29. The first-order valence-corrected chi connectivity index (χ1v) is 11.8. The molecule has 0 aliphatic carbocycles. The van der Waals surface area contributed by atoms with Gasteiger partial charge in [0.2, 0.25) is 10.0 Å². The van der Waals surface area contributed by atoms with Crippen molar-refractivity contribution >= 4 is 27.3 Å². The predicted molar refractivity (Wildman–Crippen MR) is 126 cm³/mol. The van der Waals surface area contributed by atoms with Crippen LogP contribution in [0.25, 0.3) is 0 Å². The highest BCUT2D eigenvalue weighted by molar-refractivity contribution is 7.89. The maximum atomic E-state index is 12.8. The molecule has 1 N–H and O–H groups in total. The van der Waals surface area contributed by atoms with Crippen molar-refractivity contribution in [2.45, 2.75) is 18.7 Å². The van der Waals surface area contributed by atoms with E-state index in [2.05, 4.69) is 15.5 Å². The monoisotopic (exact) mass is 484 g/mol. The molecule has 0 spiro atoms. The SMILES string of the molecule is CCN(CC)S(=O)(=O)c1cccc(C(=O)NN=C(c2cccc([N+](=O)[O-])c2)c2nccn2C)c1. The molecular formula is C22H24N6O5S. The van der Waals surface area contributed by atoms with Crippen molar-refractivity contribution in [1.29, 1.82) is 0 Å². The summed E-state index contributed by atoms with van der Waals surface area (Å²) in [5, 5.41) is 15.4. The highest BCUT2D eigenvalue weighted by Crippen LogP contribution is 2.18. The minimum Gasteiger partial charge on any atom is -0.333 e. The molecule has 0 unspecified atom stereocenters. The molecule has 0 radical (unpaired) electrons. The zero-order valence-electron chi connectivity index (χ0n) is 18.9. The Morgan fingerprint density at radius 3 is 2.44 bits per heavy atom. The second kappa shape index (κ2) is 10.4. The van der Waals surface area contributed by atoms with Crippen molar-refractivity contribution in [3.63, 3.8) is 0 Å². The summed E-state index contributed by atoms with van der Waals surface area (Å²) in [7, 11) is -2.02.